The molecule has 0 unspecified atom stereocenters. The first kappa shape index (κ1) is 25.3. The van der Waals surface area contributed by atoms with E-state index in [-0.39, 0.29) is 17.7 Å². The zero-order valence-electron chi connectivity index (χ0n) is 20.7. The van der Waals surface area contributed by atoms with Gasteiger partial charge < -0.3 is 19.5 Å². The monoisotopic (exact) mass is 461 g/mol. The molecule has 0 heterocycles. The lowest BCUT2D eigenvalue weighted by Gasteiger charge is -2.36. The second-order valence-electron chi connectivity index (χ2n) is 8.68. The second-order valence-corrected chi connectivity index (χ2v) is 8.68. The highest BCUT2D eigenvalue weighted by Gasteiger charge is 2.37. The number of amides is 1. The Hall–Kier alpha value is -3.31. The lowest BCUT2D eigenvalue weighted by molar-refractivity contribution is -0.126. The van der Waals surface area contributed by atoms with Crippen molar-refractivity contribution in [3.63, 3.8) is 0 Å². The minimum Gasteiger partial charge on any atom is -0.497 e. The van der Waals surface area contributed by atoms with Gasteiger partial charge in [-0.2, -0.15) is 0 Å². The zero-order chi connectivity index (χ0) is 24.6. The number of methoxy groups -OCH3 is 2. The summed E-state index contributed by atoms with van der Waals surface area (Å²) < 4.78 is 17.5. The molecule has 0 aliphatic rings. The molecule has 0 radical (unpaired) electrons. The number of hydrogen-bond acceptors (Lipinski definition) is 4. The predicted molar refractivity (Wildman–Crippen MR) is 135 cm³/mol. The van der Waals surface area contributed by atoms with Crippen LogP contribution in [-0.2, 0) is 15.1 Å². The van der Waals surface area contributed by atoms with E-state index in [1.165, 1.54) is 0 Å². The van der Waals surface area contributed by atoms with E-state index in [2.05, 4.69) is 31.3 Å². The molecule has 34 heavy (non-hydrogen) atoms. The summed E-state index contributed by atoms with van der Waals surface area (Å²) in [6, 6.07) is 26.0. The Kier molecular flexibility index (Phi) is 8.72. The van der Waals surface area contributed by atoms with E-state index in [0.717, 1.165) is 28.2 Å². The zero-order valence-corrected chi connectivity index (χ0v) is 20.7. The van der Waals surface area contributed by atoms with Crippen LogP contribution < -0.4 is 14.8 Å². The molecule has 180 valence electrons. The molecule has 1 N–H and O–H groups in total. The van der Waals surface area contributed by atoms with Crippen LogP contribution in [0.3, 0.4) is 0 Å². The molecule has 5 heteroatoms. The third-order valence-electron chi connectivity index (χ3n) is 6.31. The Bertz CT molecular complexity index is 982. The molecule has 5 nitrogen and oxygen atoms in total. The minimum atomic E-state index is -0.881. The van der Waals surface area contributed by atoms with Crippen molar-refractivity contribution >= 4 is 5.91 Å². The number of ether oxygens (including phenoxy) is 3. The molecule has 0 bridgehead atoms. The molecule has 3 aromatic carbocycles. The SMILES string of the molecule is COc1ccc(C(OCCNC(=O)[C@@H](C)C(C)C)(c2ccccc2)c2ccc(OC)cc2)cc1. The van der Waals surface area contributed by atoms with Crippen molar-refractivity contribution in [2.75, 3.05) is 27.4 Å². The van der Waals surface area contributed by atoms with E-state index >= 15 is 0 Å². The maximum atomic E-state index is 12.5. The number of carbonyl (C=O) groups is 1. The molecular formula is C29H35NO4. The normalized spacial score (nSPS) is 12.3. The van der Waals surface area contributed by atoms with E-state index in [0.29, 0.717) is 13.2 Å². The van der Waals surface area contributed by atoms with Crippen LogP contribution in [0.5, 0.6) is 11.5 Å². The molecule has 3 rings (SSSR count). The van der Waals surface area contributed by atoms with E-state index in [9.17, 15) is 4.79 Å². The van der Waals surface area contributed by atoms with Gasteiger partial charge in [0.2, 0.25) is 5.91 Å². The number of hydrogen-bond donors (Lipinski definition) is 1. The van der Waals surface area contributed by atoms with E-state index in [1.54, 1.807) is 14.2 Å². The summed E-state index contributed by atoms with van der Waals surface area (Å²) in [4.78, 5) is 12.5. The fraction of sp³-hybridized carbons (Fsp3) is 0.345. The van der Waals surface area contributed by atoms with Crippen LogP contribution in [0.4, 0.5) is 0 Å². The summed E-state index contributed by atoms with van der Waals surface area (Å²) >= 11 is 0. The molecule has 0 aliphatic heterocycles. The van der Waals surface area contributed by atoms with Crippen molar-refractivity contribution in [2.24, 2.45) is 11.8 Å². The van der Waals surface area contributed by atoms with Crippen molar-refractivity contribution in [1.29, 1.82) is 0 Å². The summed E-state index contributed by atoms with van der Waals surface area (Å²) in [6.07, 6.45) is 0. The van der Waals surface area contributed by atoms with Crippen LogP contribution in [0, 0.1) is 11.8 Å². The highest BCUT2D eigenvalue weighted by molar-refractivity contribution is 5.78. The van der Waals surface area contributed by atoms with Gasteiger partial charge in [0, 0.05) is 12.5 Å². The van der Waals surface area contributed by atoms with Gasteiger partial charge in [-0.1, -0.05) is 75.4 Å². The Balaban J connectivity index is 2.01. The Morgan fingerprint density at radius 1 is 0.765 bits per heavy atom. The number of carbonyl (C=O) groups excluding carboxylic acids is 1. The molecule has 0 aromatic heterocycles. The molecule has 3 aromatic rings. The first-order valence-corrected chi connectivity index (χ1v) is 11.7. The van der Waals surface area contributed by atoms with Gasteiger partial charge in [0.25, 0.3) is 0 Å². The second kappa shape index (κ2) is 11.7. The Morgan fingerprint density at radius 3 is 1.68 bits per heavy atom. The quantitative estimate of drug-likeness (QED) is 0.306. The fourth-order valence-corrected chi connectivity index (χ4v) is 3.92. The Morgan fingerprint density at radius 2 is 1.24 bits per heavy atom. The summed E-state index contributed by atoms with van der Waals surface area (Å²) in [5.41, 5.74) is 2.04. The average molecular weight is 462 g/mol. The Labute approximate surface area is 203 Å². The van der Waals surface area contributed by atoms with Gasteiger partial charge in [-0.25, -0.2) is 0 Å². The van der Waals surface area contributed by atoms with Gasteiger partial charge in [0.15, 0.2) is 0 Å². The molecule has 0 saturated carbocycles. The van der Waals surface area contributed by atoms with E-state index in [4.69, 9.17) is 14.2 Å². The van der Waals surface area contributed by atoms with Crippen LogP contribution in [0.15, 0.2) is 78.9 Å². The lowest BCUT2D eigenvalue weighted by atomic mass is 9.80. The van der Waals surface area contributed by atoms with Gasteiger partial charge >= 0.3 is 0 Å². The van der Waals surface area contributed by atoms with Crippen molar-refractivity contribution in [3.05, 3.63) is 95.6 Å². The van der Waals surface area contributed by atoms with Crippen LogP contribution >= 0.6 is 0 Å². The van der Waals surface area contributed by atoms with Crippen LogP contribution in [0.25, 0.3) is 0 Å². The van der Waals surface area contributed by atoms with Gasteiger partial charge in [-0.15, -0.1) is 0 Å². The third kappa shape index (κ3) is 5.60. The summed E-state index contributed by atoms with van der Waals surface area (Å²) in [5.74, 6) is 1.81. The van der Waals surface area contributed by atoms with Crippen molar-refractivity contribution in [1.82, 2.24) is 5.32 Å². The standard InChI is InChI=1S/C29H35NO4/c1-21(2)22(3)28(31)30-19-20-34-29(23-9-7-6-8-10-23,24-11-15-26(32-4)16-12-24)25-13-17-27(33-5)18-14-25/h6-18,21-22H,19-20H2,1-5H3,(H,30,31)/t22-/m0/s1. The highest BCUT2D eigenvalue weighted by Crippen LogP contribution is 2.41. The molecule has 1 amide bonds. The molecule has 0 fully saturated rings. The first-order chi connectivity index (χ1) is 16.4. The average Bonchev–Trinajstić information content (AvgIpc) is 2.89. The lowest BCUT2D eigenvalue weighted by Crippen LogP contribution is -2.38. The molecule has 0 spiro atoms. The maximum Gasteiger partial charge on any atom is 0.223 e. The van der Waals surface area contributed by atoms with Crippen LogP contribution in [0.2, 0.25) is 0 Å². The van der Waals surface area contributed by atoms with Gasteiger partial charge in [0.05, 0.1) is 20.8 Å². The number of rotatable bonds is 11. The smallest absolute Gasteiger partial charge is 0.223 e. The topological polar surface area (TPSA) is 56.8 Å². The first-order valence-electron chi connectivity index (χ1n) is 11.7. The molecule has 0 saturated heterocycles. The molecular weight excluding hydrogens is 426 g/mol. The molecule has 0 aliphatic carbocycles. The molecule has 1 atom stereocenters. The fourth-order valence-electron chi connectivity index (χ4n) is 3.92. The van der Waals surface area contributed by atoms with Gasteiger partial charge in [0.1, 0.15) is 17.1 Å². The highest BCUT2D eigenvalue weighted by atomic mass is 16.5. The van der Waals surface area contributed by atoms with Crippen molar-refractivity contribution < 1.29 is 19.0 Å². The van der Waals surface area contributed by atoms with Crippen LogP contribution in [-0.4, -0.2) is 33.3 Å². The summed E-state index contributed by atoms with van der Waals surface area (Å²) in [5, 5.41) is 3.02. The van der Waals surface area contributed by atoms with Crippen molar-refractivity contribution in [3.8, 4) is 11.5 Å². The van der Waals surface area contributed by atoms with Crippen LogP contribution in [0.1, 0.15) is 37.5 Å². The third-order valence-corrected chi connectivity index (χ3v) is 6.31. The number of nitrogens with one attached hydrogen (secondary N) is 1. The van der Waals surface area contributed by atoms with E-state index < -0.39 is 5.60 Å². The maximum absolute atomic E-state index is 12.5. The van der Waals surface area contributed by atoms with Gasteiger partial charge in [-0.05, 0) is 46.9 Å². The number of benzene rings is 3. The van der Waals surface area contributed by atoms with Gasteiger partial charge in [-0.3, -0.25) is 4.79 Å². The predicted octanol–water partition coefficient (Wildman–Crippen LogP) is 5.42. The minimum absolute atomic E-state index is 0.0396. The van der Waals surface area contributed by atoms with E-state index in [1.807, 2.05) is 73.7 Å². The summed E-state index contributed by atoms with van der Waals surface area (Å²) in [6.45, 7) is 6.80. The summed E-state index contributed by atoms with van der Waals surface area (Å²) in [7, 11) is 3.31. The van der Waals surface area contributed by atoms with Crippen molar-refractivity contribution in [2.45, 2.75) is 26.4 Å². The largest absolute Gasteiger partial charge is 0.497 e.